The first kappa shape index (κ1) is 9.97. The number of benzene rings is 1. The largest absolute Gasteiger partial charge is 0.506 e. The molecule has 0 aliphatic carbocycles. The lowest BCUT2D eigenvalue weighted by Crippen LogP contribution is -1.88. The Labute approximate surface area is 81.1 Å². The van der Waals surface area contributed by atoms with Crippen molar-refractivity contribution >= 4 is 6.08 Å². The average Bonchev–Trinajstić information content (AvgIpc) is 2.19. The molecule has 1 aromatic rings. The monoisotopic (exact) mass is 188 g/mol. The van der Waals surface area contributed by atoms with E-state index in [4.69, 9.17) is 5.26 Å². The van der Waals surface area contributed by atoms with E-state index >= 15 is 0 Å². The molecule has 1 N–H and O–H groups in total. The number of rotatable bonds is 2. The SMILES string of the molecule is Cc1cc(CN=C=O)cc(C#N)c1O. The summed E-state index contributed by atoms with van der Waals surface area (Å²) in [6, 6.07) is 5.04. The summed E-state index contributed by atoms with van der Waals surface area (Å²) < 4.78 is 0. The first-order valence-electron chi connectivity index (χ1n) is 3.95. The predicted octanol–water partition coefficient (Wildman–Crippen LogP) is 1.41. The second-order valence-corrected chi connectivity index (χ2v) is 2.83. The maximum absolute atomic E-state index is 9.88. The van der Waals surface area contributed by atoms with Gasteiger partial charge in [0.2, 0.25) is 6.08 Å². The third-order valence-electron chi connectivity index (χ3n) is 1.81. The van der Waals surface area contributed by atoms with Crippen molar-refractivity contribution in [3.05, 3.63) is 28.8 Å². The van der Waals surface area contributed by atoms with Crippen LogP contribution in [0.25, 0.3) is 0 Å². The molecule has 14 heavy (non-hydrogen) atoms. The van der Waals surface area contributed by atoms with Gasteiger partial charge >= 0.3 is 0 Å². The topological polar surface area (TPSA) is 73.5 Å². The number of isocyanates is 1. The van der Waals surface area contributed by atoms with Gasteiger partial charge < -0.3 is 5.11 Å². The van der Waals surface area contributed by atoms with Crippen LogP contribution in [0.15, 0.2) is 17.1 Å². The number of carbonyl (C=O) groups excluding carboxylic acids is 1. The average molecular weight is 188 g/mol. The van der Waals surface area contributed by atoms with Crippen LogP contribution < -0.4 is 0 Å². The normalized spacial score (nSPS) is 8.86. The first-order valence-corrected chi connectivity index (χ1v) is 3.95. The number of hydrogen-bond donors (Lipinski definition) is 1. The number of aryl methyl sites for hydroxylation is 1. The van der Waals surface area contributed by atoms with E-state index in [-0.39, 0.29) is 17.9 Å². The molecule has 0 bridgehead atoms. The van der Waals surface area contributed by atoms with Crippen LogP contribution >= 0.6 is 0 Å². The standard InChI is InChI=1S/C10H8N2O2/c1-7-2-8(5-12-6-13)3-9(4-11)10(7)14/h2-3,14H,5H2,1H3. The summed E-state index contributed by atoms with van der Waals surface area (Å²) in [5, 5.41) is 18.1. The summed E-state index contributed by atoms with van der Waals surface area (Å²) in [7, 11) is 0. The zero-order valence-electron chi connectivity index (χ0n) is 7.61. The highest BCUT2D eigenvalue weighted by atomic mass is 16.3. The molecule has 0 aliphatic rings. The van der Waals surface area contributed by atoms with Crippen LogP contribution in [0.4, 0.5) is 0 Å². The van der Waals surface area contributed by atoms with E-state index in [1.807, 2.05) is 6.07 Å². The van der Waals surface area contributed by atoms with Crippen molar-refractivity contribution in [1.82, 2.24) is 0 Å². The van der Waals surface area contributed by atoms with Gasteiger partial charge in [-0.25, -0.2) is 9.79 Å². The van der Waals surface area contributed by atoms with E-state index in [0.29, 0.717) is 11.1 Å². The van der Waals surface area contributed by atoms with E-state index in [1.165, 1.54) is 12.1 Å². The second-order valence-electron chi connectivity index (χ2n) is 2.83. The van der Waals surface area contributed by atoms with Gasteiger partial charge in [-0.2, -0.15) is 5.26 Å². The summed E-state index contributed by atoms with van der Waals surface area (Å²) in [5.74, 6) is -0.0219. The van der Waals surface area contributed by atoms with Crippen LogP contribution in [-0.2, 0) is 11.3 Å². The number of hydrogen-bond acceptors (Lipinski definition) is 4. The highest BCUT2D eigenvalue weighted by molar-refractivity contribution is 5.49. The van der Waals surface area contributed by atoms with Crippen molar-refractivity contribution in [3.63, 3.8) is 0 Å². The molecule has 0 saturated carbocycles. The fourth-order valence-electron chi connectivity index (χ4n) is 1.15. The highest BCUT2D eigenvalue weighted by Gasteiger charge is 2.05. The number of nitriles is 1. The molecule has 0 radical (unpaired) electrons. The molecule has 4 nitrogen and oxygen atoms in total. The molecule has 1 aromatic carbocycles. The van der Waals surface area contributed by atoms with E-state index in [0.717, 1.165) is 0 Å². The molecule has 0 atom stereocenters. The Bertz CT molecular complexity index is 440. The highest BCUT2D eigenvalue weighted by Crippen LogP contribution is 2.23. The second kappa shape index (κ2) is 4.22. The van der Waals surface area contributed by atoms with Crippen LogP contribution in [0.2, 0.25) is 0 Å². The molecule has 4 heteroatoms. The molecule has 0 aliphatic heterocycles. The summed E-state index contributed by atoms with van der Waals surface area (Å²) in [4.78, 5) is 13.3. The molecule has 70 valence electrons. The quantitative estimate of drug-likeness (QED) is 0.563. The molecule has 0 unspecified atom stereocenters. The van der Waals surface area contributed by atoms with Crippen molar-refractivity contribution in [3.8, 4) is 11.8 Å². The van der Waals surface area contributed by atoms with Gasteiger partial charge in [0.25, 0.3) is 0 Å². The zero-order chi connectivity index (χ0) is 10.6. The van der Waals surface area contributed by atoms with Gasteiger partial charge in [0, 0.05) is 0 Å². The Kier molecular flexibility index (Phi) is 3.01. The lowest BCUT2D eigenvalue weighted by Gasteiger charge is -2.03. The number of aliphatic imine (C=N–C) groups is 1. The third kappa shape index (κ3) is 1.98. The molecule has 0 saturated heterocycles. The molecule has 0 aromatic heterocycles. The number of phenols is 1. The lowest BCUT2D eigenvalue weighted by atomic mass is 10.1. The number of phenolic OH excluding ortho intramolecular Hbond substituents is 1. The van der Waals surface area contributed by atoms with E-state index in [1.54, 1.807) is 13.0 Å². The van der Waals surface area contributed by atoms with Crippen LogP contribution in [0.5, 0.6) is 5.75 Å². The van der Waals surface area contributed by atoms with Crippen LogP contribution in [0.3, 0.4) is 0 Å². The van der Waals surface area contributed by atoms with Gasteiger partial charge in [-0.3, -0.25) is 0 Å². The Morgan fingerprint density at radius 3 is 2.86 bits per heavy atom. The van der Waals surface area contributed by atoms with Crippen molar-refractivity contribution in [2.75, 3.05) is 0 Å². The van der Waals surface area contributed by atoms with Gasteiger partial charge in [0.15, 0.2) is 0 Å². The Morgan fingerprint density at radius 1 is 1.57 bits per heavy atom. The third-order valence-corrected chi connectivity index (χ3v) is 1.81. The fourth-order valence-corrected chi connectivity index (χ4v) is 1.15. The van der Waals surface area contributed by atoms with E-state index in [2.05, 4.69) is 4.99 Å². The molecule has 0 heterocycles. The van der Waals surface area contributed by atoms with Gasteiger partial charge in [-0.1, -0.05) is 6.07 Å². The van der Waals surface area contributed by atoms with Crippen LogP contribution in [0, 0.1) is 18.3 Å². The van der Waals surface area contributed by atoms with E-state index < -0.39 is 0 Å². The maximum Gasteiger partial charge on any atom is 0.235 e. The minimum atomic E-state index is -0.0219. The van der Waals surface area contributed by atoms with Crippen molar-refractivity contribution in [2.24, 2.45) is 4.99 Å². The predicted molar refractivity (Wildman–Crippen MR) is 49.4 cm³/mol. The first-order chi connectivity index (χ1) is 6.69. The molecular formula is C10H8N2O2. The molecule has 1 rings (SSSR count). The minimum Gasteiger partial charge on any atom is -0.506 e. The molecule has 0 spiro atoms. The Morgan fingerprint density at radius 2 is 2.29 bits per heavy atom. The lowest BCUT2D eigenvalue weighted by molar-refractivity contribution is 0.469. The molecule has 0 fully saturated rings. The van der Waals surface area contributed by atoms with E-state index in [9.17, 15) is 9.90 Å². The smallest absolute Gasteiger partial charge is 0.235 e. The summed E-state index contributed by atoms with van der Waals surface area (Å²) in [6.07, 6.45) is 1.42. The Hall–Kier alpha value is -2.11. The maximum atomic E-state index is 9.88. The fraction of sp³-hybridized carbons (Fsp3) is 0.200. The van der Waals surface area contributed by atoms with Crippen LogP contribution in [-0.4, -0.2) is 11.2 Å². The van der Waals surface area contributed by atoms with Gasteiger partial charge in [-0.15, -0.1) is 0 Å². The summed E-state index contributed by atoms with van der Waals surface area (Å²) in [5.41, 5.74) is 1.50. The Balaban J connectivity index is 3.17. The number of aromatic hydroxyl groups is 1. The van der Waals surface area contributed by atoms with Gasteiger partial charge in [0.1, 0.15) is 11.8 Å². The number of nitrogens with zero attached hydrogens (tertiary/aromatic N) is 2. The molecular weight excluding hydrogens is 180 g/mol. The zero-order valence-corrected chi connectivity index (χ0v) is 7.61. The minimum absolute atomic E-state index is 0.0219. The van der Waals surface area contributed by atoms with Crippen LogP contribution in [0.1, 0.15) is 16.7 Å². The van der Waals surface area contributed by atoms with Crippen molar-refractivity contribution in [2.45, 2.75) is 13.5 Å². The van der Waals surface area contributed by atoms with Crippen molar-refractivity contribution < 1.29 is 9.90 Å². The summed E-state index contributed by atoms with van der Waals surface area (Å²) in [6.45, 7) is 1.86. The molecule has 0 amide bonds. The summed E-state index contributed by atoms with van der Waals surface area (Å²) >= 11 is 0. The van der Waals surface area contributed by atoms with Crippen molar-refractivity contribution in [1.29, 1.82) is 5.26 Å². The van der Waals surface area contributed by atoms with Gasteiger partial charge in [-0.05, 0) is 24.1 Å². The van der Waals surface area contributed by atoms with Gasteiger partial charge in [0.05, 0.1) is 12.1 Å².